The van der Waals surface area contributed by atoms with E-state index in [1.165, 1.54) is 65.4 Å². The van der Waals surface area contributed by atoms with E-state index in [4.69, 9.17) is 0 Å². The molecule has 2 aromatic carbocycles. The maximum Gasteiger partial charge on any atom is 0.153 e. The van der Waals surface area contributed by atoms with Crippen molar-refractivity contribution in [2.75, 3.05) is 0 Å². The Hall–Kier alpha value is -4.05. The van der Waals surface area contributed by atoms with Crippen LogP contribution in [-0.2, 0) is 9.59 Å². The lowest BCUT2D eigenvalue weighted by Crippen LogP contribution is -2.26. The molecule has 0 aliphatic carbocycles. The van der Waals surface area contributed by atoms with Crippen LogP contribution in [0.15, 0.2) is 60.7 Å². The number of hydrogen-bond acceptors (Lipinski definition) is 7. The minimum atomic E-state index is -1.53. The molecule has 1 atom stereocenters. The SMILES string of the molecule is Cc1nnnn1C(/C=C/C(O)CC(=O)CC(=O)[O-])=C(c1ccc(F)cc1)c1ccc(F)cc1. The molecule has 0 spiro atoms. The van der Waals surface area contributed by atoms with Crippen LogP contribution in [0.3, 0.4) is 0 Å². The zero-order valence-corrected chi connectivity index (χ0v) is 17.5. The average molecular weight is 453 g/mol. The number of allylic oxidation sites excluding steroid dienone is 2. The van der Waals surface area contributed by atoms with E-state index in [1.807, 2.05) is 0 Å². The average Bonchev–Trinajstić information content (AvgIpc) is 3.18. The second-order valence-corrected chi connectivity index (χ2v) is 7.13. The van der Waals surface area contributed by atoms with Crippen molar-refractivity contribution in [1.82, 2.24) is 20.2 Å². The Balaban J connectivity index is 2.14. The molecule has 8 nitrogen and oxygen atoms in total. The summed E-state index contributed by atoms with van der Waals surface area (Å²) < 4.78 is 28.5. The number of carboxylic acid groups (broad SMARTS) is 1. The summed E-state index contributed by atoms with van der Waals surface area (Å²) in [5.41, 5.74) is 1.96. The summed E-state index contributed by atoms with van der Waals surface area (Å²) in [4.78, 5) is 22.3. The highest BCUT2D eigenvalue weighted by molar-refractivity contribution is 5.96. The lowest BCUT2D eigenvalue weighted by atomic mass is 9.95. The number of aliphatic hydroxyl groups is 1. The zero-order chi connectivity index (χ0) is 24.0. The fraction of sp³-hybridized carbons (Fsp3) is 0.174. The molecule has 3 aromatic rings. The highest BCUT2D eigenvalue weighted by Crippen LogP contribution is 2.31. The number of aliphatic hydroxyl groups excluding tert-OH is 1. The number of aromatic nitrogens is 4. The van der Waals surface area contributed by atoms with E-state index in [-0.39, 0.29) is 0 Å². The van der Waals surface area contributed by atoms with Gasteiger partial charge in [-0.05, 0) is 58.8 Å². The van der Waals surface area contributed by atoms with E-state index >= 15 is 0 Å². The van der Waals surface area contributed by atoms with Crippen molar-refractivity contribution in [3.63, 3.8) is 0 Å². The molecular weight excluding hydrogens is 434 g/mol. The minimum Gasteiger partial charge on any atom is -0.550 e. The Morgan fingerprint density at radius 3 is 2.06 bits per heavy atom. The topological polar surface area (TPSA) is 121 Å². The van der Waals surface area contributed by atoms with Gasteiger partial charge in [0.05, 0.1) is 11.8 Å². The third-order valence-corrected chi connectivity index (χ3v) is 4.63. The summed E-state index contributed by atoms with van der Waals surface area (Å²) in [6, 6.07) is 11.2. The summed E-state index contributed by atoms with van der Waals surface area (Å²) in [6.45, 7) is 1.64. The quantitative estimate of drug-likeness (QED) is 0.387. The zero-order valence-electron chi connectivity index (χ0n) is 17.5. The third kappa shape index (κ3) is 6.23. The molecule has 10 heteroatoms. The van der Waals surface area contributed by atoms with Crippen molar-refractivity contribution in [3.05, 3.63) is 89.3 Å². The van der Waals surface area contributed by atoms with E-state index in [0.717, 1.165) is 0 Å². The maximum atomic E-state index is 13.6. The van der Waals surface area contributed by atoms with Crippen molar-refractivity contribution in [1.29, 1.82) is 0 Å². The van der Waals surface area contributed by atoms with Gasteiger partial charge in [-0.25, -0.2) is 8.78 Å². The molecular formula is C23H19F2N4O4-. The van der Waals surface area contributed by atoms with Crippen molar-refractivity contribution in [2.24, 2.45) is 0 Å². The Bertz CT molecular complexity index is 1150. The summed E-state index contributed by atoms with van der Waals surface area (Å²) in [6.07, 6.45) is 0.204. The molecule has 1 aromatic heterocycles. The number of aryl methyl sites for hydroxylation is 1. The number of halogens is 2. The first kappa shape index (κ1) is 23.6. The second kappa shape index (κ2) is 10.5. The fourth-order valence-electron chi connectivity index (χ4n) is 3.15. The van der Waals surface area contributed by atoms with E-state index < -0.39 is 42.3 Å². The highest BCUT2D eigenvalue weighted by atomic mass is 19.1. The number of nitrogens with zero attached hydrogens (tertiary/aromatic N) is 4. The molecule has 0 amide bonds. The number of carbonyl (C=O) groups is 2. The largest absolute Gasteiger partial charge is 0.550 e. The van der Waals surface area contributed by atoms with Crippen LogP contribution in [0.4, 0.5) is 8.78 Å². The van der Waals surface area contributed by atoms with Crippen LogP contribution in [0.25, 0.3) is 11.3 Å². The Morgan fingerprint density at radius 1 is 1.06 bits per heavy atom. The molecule has 1 N–H and O–H groups in total. The highest BCUT2D eigenvalue weighted by Gasteiger charge is 2.17. The first-order valence-electron chi connectivity index (χ1n) is 9.84. The minimum absolute atomic E-state index is 0.349. The summed E-state index contributed by atoms with van der Waals surface area (Å²) in [5.74, 6) is -2.74. The van der Waals surface area contributed by atoms with Gasteiger partial charge in [-0.1, -0.05) is 30.3 Å². The van der Waals surface area contributed by atoms with Gasteiger partial charge >= 0.3 is 0 Å². The van der Waals surface area contributed by atoms with Crippen LogP contribution in [0.5, 0.6) is 0 Å². The molecule has 0 aliphatic rings. The number of carbonyl (C=O) groups excluding carboxylic acids is 2. The number of ketones is 1. The lowest BCUT2D eigenvalue weighted by Gasteiger charge is -2.15. The number of carboxylic acids is 1. The normalized spacial score (nSPS) is 12.0. The van der Waals surface area contributed by atoms with E-state index in [0.29, 0.717) is 28.2 Å². The van der Waals surface area contributed by atoms with Crippen LogP contribution in [-0.4, -0.2) is 43.2 Å². The van der Waals surface area contributed by atoms with Crippen molar-refractivity contribution in [2.45, 2.75) is 25.9 Å². The number of hydrogen-bond donors (Lipinski definition) is 1. The molecule has 3 rings (SSSR count). The molecule has 0 saturated heterocycles. The lowest BCUT2D eigenvalue weighted by molar-refractivity contribution is -0.304. The molecule has 0 saturated carbocycles. The maximum absolute atomic E-state index is 13.6. The number of tetrazole rings is 1. The molecule has 33 heavy (non-hydrogen) atoms. The second-order valence-electron chi connectivity index (χ2n) is 7.13. The van der Waals surface area contributed by atoms with Gasteiger partial charge in [-0.15, -0.1) is 5.10 Å². The van der Waals surface area contributed by atoms with Crippen LogP contribution >= 0.6 is 0 Å². The van der Waals surface area contributed by atoms with Crippen LogP contribution < -0.4 is 5.11 Å². The van der Waals surface area contributed by atoms with E-state index in [9.17, 15) is 28.6 Å². The standard InChI is InChI=1S/C23H20F2N4O4/c1-14-26-27-28-29(14)21(11-10-19(30)12-20(31)13-22(32)33)23(15-2-6-17(24)7-3-15)16-4-8-18(25)9-5-16/h2-11,19,30H,12-13H2,1H3,(H,32,33)/p-1/b11-10+. The summed E-state index contributed by atoms with van der Waals surface area (Å²) >= 11 is 0. The van der Waals surface area contributed by atoms with E-state index in [1.54, 1.807) is 6.92 Å². The number of aliphatic carboxylic acids is 1. The predicted molar refractivity (Wildman–Crippen MR) is 112 cm³/mol. The molecule has 0 fully saturated rings. The molecule has 1 unspecified atom stereocenters. The van der Waals surface area contributed by atoms with Gasteiger partial charge in [0.25, 0.3) is 0 Å². The Labute approximate surface area is 187 Å². The predicted octanol–water partition coefficient (Wildman–Crippen LogP) is 1.69. The summed E-state index contributed by atoms with van der Waals surface area (Å²) in [5, 5.41) is 32.3. The van der Waals surface area contributed by atoms with Gasteiger partial charge in [-0.3, -0.25) is 4.79 Å². The van der Waals surface area contributed by atoms with E-state index in [2.05, 4.69) is 15.5 Å². The third-order valence-electron chi connectivity index (χ3n) is 4.63. The summed E-state index contributed by atoms with van der Waals surface area (Å²) in [7, 11) is 0. The first-order valence-corrected chi connectivity index (χ1v) is 9.84. The number of benzene rings is 2. The van der Waals surface area contributed by atoms with Crippen molar-refractivity contribution in [3.8, 4) is 0 Å². The fourth-order valence-corrected chi connectivity index (χ4v) is 3.15. The first-order chi connectivity index (χ1) is 15.7. The van der Waals surface area contributed by atoms with Crippen molar-refractivity contribution < 1.29 is 28.6 Å². The smallest absolute Gasteiger partial charge is 0.153 e. The number of rotatable bonds is 9. The molecule has 0 bridgehead atoms. The van der Waals surface area contributed by atoms with Gasteiger partial charge in [-0.2, -0.15) is 4.68 Å². The molecule has 0 aliphatic heterocycles. The van der Waals surface area contributed by atoms with Gasteiger partial charge in [0, 0.05) is 24.4 Å². The van der Waals surface area contributed by atoms with Crippen LogP contribution in [0, 0.1) is 18.6 Å². The van der Waals surface area contributed by atoms with Gasteiger partial charge in [0.2, 0.25) is 0 Å². The molecule has 1 heterocycles. The van der Waals surface area contributed by atoms with Crippen molar-refractivity contribution >= 4 is 23.0 Å². The van der Waals surface area contributed by atoms with Crippen LogP contribution in [0.2, 0.25) is 0 Å². The molecule has 0 radical (unpaired) electrons. The van der Waals surface area contributed by atoms with Gasteiger partial charge < -0.3 is 15.0 Å². The van der Waals surface area contributed by atoms with Gasteiger partial charge in [0.15, 0.2) is 5.82 Å². The Morgan fingerprint density at radius 2 is 1.61 bits per heavy atom. The Kier molecular flexibility index (Phi) is 7.52. The number of Topliss-reactive ketones (excluding diaryl/α,β-unsaturated/α-hetero) is 1. The van der Waals surface area contributed by atoms with Gasteiger partial charge in [0.1, 0.15) is 17.4 Å². The van der Waals surface area contributed by atoms with Crippen LogP contribution in [0.1, 0.15) is 29.8 Å². The monoisotopic (exact) mass is 453 g/mol. The molecule has 170 valence electrons.